The van der Waals surface area contributed by atoms with Gasteiger partial charge in [0.15, 0.2) is 23.1 Å². The molecule has 0 radical (unpaired) electrons. The summed E-state index contributed by atoms with van der Waals surface area (Å²) in [5, 5.41) is 29.0. The van der Waals surface area contributed by atoms with Gasteiger partial charge >= 0.3 is 0 Å². The monoisotopic (exact) mass is 450 g/mol. The molecule has 0 saturated heterocycles. The predicted molar refractivity (Wildman–Crippen MR) is 118 cm³/mol. The van der Waals surface area contributed by atoms with Crippen LogP contribution in [0.4, 0.5) is 17.2 Å². The number of ether oxygens (including phenoxy) is 1. The van der Waals surface area contributed by atoms with Gasteiger partial charge in [0.2, 0.25) is 5.91 Å². The second-order valence-electron chi connectivity index (χ2n) is 7.29. The molecule has 1 saturated carbocycles. The Morgan fingerprint density at radius 3 is 2.73 bits per heavy atom. The van der Waals surface area contributed by atoms with Crippen molar-refractivity contribution < 1.29 is 18.4 Å². The number of benzene rings is 1. The van der Waals surface area contributed by atoms with Gasteiger partial charge in [-0.1, -0.05) is 0 Å². The van der Waals surface area contributed by atoms with Crippen molar-refractivity contribution in [2.75, 3.05) is 24.7 Å². The maximum Gasteiger partial charge on any atom is 0.273 e. The van der Waals surface area contributed by atoms with Crippen molar-refractivity contribution in [3.8, 4) is 23.2 Å². The fourth-order valence-corrected chi connectivity index (χ4v) is 3.13. The molecule has 168 valence electrons. The van der Waals surface area contributed by atoms with Gasteiger partial charge in [-0.2, -0.15) is 10.4 Å². The van der Waals surface area contributed by atoms with Crippen molar-refractivity contribution >= 4 is 29.0 Å². The average molecular weight is 450 g/mol. The lowest BCUT2D eigenvalue weighted by molar-refractivity contribution is -0.117. The highest BCUT2D eigenvalue weighted by atomic mass is 16.5. The van der Waals surface area contributed by atoms with E-state index in [-0.39, 0.29) is 46.0 Å². The van der Waals surface area contributed by atoms with E-state index in [0.29, 0.717) is 11.4 Å². The summed E-state index contributed by atoms with van der Waals surface area (Å²) in [6.07, 6.45) is 3.03. The molecule has 3 aromatic rings. The second kappa shape index (κ2) is 8.91. The zero-order valence-corrected chi connectivity index (χ0v) is 17.7. The zero-order valence-electron chi connectivity index (χ0n) is 20.7. The molecule has 2 aromatic heterocycles. The van der Waals surface area contributed by atoms with Gasteiger partial charge in [0.05, 0.1) is 35.7 Å². The van der Waals surface area contributed by atoms with Crippen LogP contribution in [0.25, 0.3) is 11.4 Å². The number of hydrogen-bond donors (Lipinski definition) is 3. The van der Waals surface area contributed by atoms with Crippen molar-refractivity contribution in [3.63, 3.8) is 0 Å². The maximum absolute atomic E-state index is 12.7. The molecule has 0 unspecified atom stereocenters. The highest BCUT2D eigenvalue weighted by Gasteiger charge is 2.30. The van der Waals surface area contributed by atoms with Crippen LogP contribution in [0, 0.1) is 17.2 Å². The summed E-state index contributed by atoms with van der Waals surface area (Å²) in [5.41, 5.74) is 0.550. The third-order valence-corrected chi connectivity index (χ3v) is 4.85. The van der Waals surface area contributed by atoms with Gasteiger partial charge in [-0.05, 0) is 25.0 Å². The molecule has 0 atom stereocenters. The van der Waals surface area contributed by atoms with E-state index in [1.54, 1.807) is 13.1 Å². The van der Waals surface area contributed by atoms with Gasteiger partial charge in [-0.25, -0.2) is 4.98 Å². The van der Waals surface area contributed by atoms with Gasteiger partial charge in [0, 0.05) is 30.1 Å². The highest BCUT2D eigenvalue weighted by molar-refractivity contribution is 6.00. The number of carbonyl (C=O) groups is 2. The first-order chi connectivity index (χ1) is 17.1. The predicted octanol–water partition coefficient (Wildman–Crippen LogP) is 1.60. The van der Waals surface area contributed by atoms with Crippen LogP contribution in [-0.2, 0) is 11.8 Å². The number of nitriles is 1. The van der Waals surface area contributed by atoms with Crippen LogP contribution in [0.2, 0.25) is 0 Å². The maximum atomic E-state index is 12.7. The molecule has 3 N–H and O–H groups in total. The molecule has 12 heteroatoms. The van der Waals surface area contributed by atoms with Crippen molar-refractivity contribution in [1.29, 1.82) is 5.26 Å². The van der Waals surface area contributed by atoms with Crippen LogP contribution >= 0.6 is 0 Å². The van der Waals surface area contributed by atoms with E-state index in [0.717, 1.165) is 12.8 Å². The summed E-state index contributed by atoms with van der Waals surface area (Å²) >= 11 is 0. The van der Waals surface area contributed by atoms with Gasteiger partial charge in [0.25, 0.3) is 5.91 Å². The molecule has 4 rings (SSSR count). The normalized spacial score (nSPS) is 14.3. The Morgan fingerprint density at radius 1 is 1.27 bits per heavy atom. The second-order valence-corrected chi connectivity index (χ2v) is 7.29. The van der Waals surface area contributed by atoms with E-state index in [9.17, 15) is 14.9 Å². The van der Waals surface area contributed by atoms with Crippen LogP contribution in [0.15, 0.2) is 24.5 Å². The quantitative estimate of drug-likeness (QED) is 0.486. The number of nitrogens with one attached hydrogen (secondary N) is 3. The molecular formula is C21H21N9O3. The van der Waals surface area contributed by atoms with E-state index in [2.05, 4.69) is 37.0 Å². The van der Waals surface area contributed by atoms with Gasteiger partial charge < -0.3 is 20.7 Å². The minimum Gasteiger partial charge on any atom is -0.494 e. The summed E-state index contributed by atoms with van der Waals surface area (Å²) in [4.78, 5) is 29.1. The first kappa shape index (κ1) is 18.1. The van der Waals surface area contributed by atoms with Gasteiger partial charge in [-0.3, -0.25) is 14.3 Å². The summed E-state index contributed by atoms with van der Waals surface area (Å²) in [6.45, 7) is -2.77. The van der Waals surface area contributed by atoms with Crippen LogP contribution in [0.1, 0.15) is 33.0 Å². The number of methoxy groups -OCH3 is 1. The molecule has 1 aliphatic carbocycles. The Bertz CT molecular complexity index is 1380. The molecule has 12 nitrogen and oxygen atoms in total. The number of aromatic nitrogens is 5. The average Bonchev–Trinajstić information content (AvgIpc) is 3.58. The number of aryl methyl sites for hydroxylation is 1. The molecule has 0 spiro atoms. The molecule has 1 fully saturated rings. The van der Waals surface area contributed by atoms with E-state index in [1.807, 2.05) is 5.32 Å². The standard InChI is InChI=1S/C21H21N9O3/c1-23-21(32)17-14(8-16(27-28-17)26-20(31)12-4-5-12)25-15-7-11(9-22)6-13(18(15)33-3)19-24-10-30(2)29-19/h6-8,10,12H,4-5H2,1-3H3,(H,23,32)(H2,25,26,27,31)/i1D3. The van der Waals surface area contributed by atoms with Crippen molar-refractivity contribution in [3.05, 3.63) is 35.8 Å². The molecule has 2 heterocycles. The van der Waals surface area contributed by atoms with E-state index in [4.69, 9.17) is 8.85 Å². The zero-order chi connectivity index (χ0) is 26.0. The van der Waals surface area contributed by atoms with E-state index < -0.39 is 12.9 Å². The highest BCUT2D eigenvalue weighted by Crippen LogP contribution is 2.38. The van der Waals surface area contributed by atoms with Gasteiger partial charge in [-0.15, -0.1) is 10.2 Å². The number of amides is 2. The topological polar surface area (TPSA) is 160 Å². The van der Waals surface area contributed by atoms with Crippen LogP contribution in [-0.4, -0.2) is 50.9 Å². The van der Waals surface area contributed by atoms with Crippen LogP contribution in [0.3, 0.4) is 0 Å². The third kappa shape index (κ3) is 4.57. The first-order valence-electron chi connectivity index (χ1n) is 11.3. The number of nitrogens with zero attached hydrogens (tertiary/aromatic N) is 6. The van der Waals surface area contributed by atoms with Crippen molar-refractivity contribution in [1.82, 2.24) is 30.3 Å². The first-order valence-corrected chi connectivity index (χ1v) is 9.84. The SMILES string of the molecule is [2H]C([2H])([2H])NC(=O)c1nnc(NC(=O)C2CC2)cc1Nc1cc(C#N)cc(-c2ncn(C)n2)c1OC. The minimum atomic E-state index is -2.77. The third-order valence-electron chi connectivity index (χ3n) is 4.85. The molecule has 2 amide bonds. The fraction of sp³-hybridized carbons (Fsp3) is 0.286. The summed E-state index contributed by atoms with van der Waals surface area (Å²) in [6, 6.07) is 6.42. The molecule has 1 aromatic carbocycles. The van der Waals surface area contributed by atoms with Crippen LogP contribution < -0.4 is 20.7 Å². The Balaban J connectivity index is 1.79. The number of hydrogen-bond acceptors (Lipinski definition) is 9. The lowest BCUT2D eigenvalue weighted by Gasteiger charge is -2.16. The van der Waals surface area contributed by atoms with E-state index in [1.165, 1.54) is 30.3 Å². The fourth-order valence-electron chi connectivity index (χ4n) is 3.13. The number of carbonyl (C=O) groups excluding carboxylic acids is 2. The Morgan fingerprint density at radius 2 is 2.09 bits per heavy atom. The summed E-state index contributed by atoms with van der Waals surface area (Å²) in [5.74, 6) is -0.762. The number of anilines is 3. The molecular weight excluding hydrogens is 426 g/mol. The molecule has 33 heavy (non-hydrogen) atoms. The van der Waals surface area contributed by atoms with Crippen molar-refractivity contribution in [2.24, 2.45) is 13.0 Å². The Hall–Kier alpha value is -4.53. The Labute approximate surface area is 193 Å². The van der Waals surface area contributed by atoms with Crippen LogP contribution in [0.5, 0.6) is 5.75 Å². The largest absolute Gasteiger partial charge is 0.494 e. The van der Waals surface area contributed by atoms with Gasteiger partial charge in [0.1, 0.15) is 6.33 Å². The minimum absolute atomic E-state index is 0.0196. The van der Waals surface area contributed by atoms with Crippen molar-refractivity contribution in [2.45, 2.75) is 12.8 Å². The molecule has 0 aliphatic heterocycles. The Kier molecular flexibility index (Phi) is 4.88. The number of rotatable bonds is 7. The van der Waals surface area contributed by atoms with E-state index >= 15 is 0 Å². The lowest BCUT2D eigenvalue weighted by atomic mass is 10.1. The molecule has 0 bridgehead atoms. The molecule has 1 aliphatic rings. The smallest absolute Gasteiger partial charge is 0.273 e. The summed E-state index contributed by atoms with van der Waals surface area (Å²) in [7, 11) is 3.10. The summed E-state index contributed by atoms with van der Waals surface area (Å²) < 4.78 is 29.1. The lowest BCUT2D eigenvalue weighted by Crippen LogP contribution is -2.22.